The van der Waals surface area contributed by atoms with Gasteiger partial charge in [-0.25, -0.2) is 9.78 Å². The minimum Gasteiger partial charge on any atom is -0.441 e. The van der Waals surface area contributed by atoms with E-state index in [9.17, 15) is 4.79 Å². The van der Waals surface area contributed by atoms with Crippen molar-refractivity contribution >= 4 is 17.1 Å². The van der Waals surface area contributed by atoms with Crippen molar-refractivity contribution in [2.24, 2.45) is 5.73 Å². The van der Waals surface area contributed by atoms with Crippen molar-refractivity contribution in [1.29, 1.82) is 0 Å². The summed E-state index contributed by atoms with van der Waals surface area (Å²) < 4.78 is 5.45. The Morgan fingerprint density at radius 1 is 1.53 bits per heavy atom. The lowest BCUT2D eigenvalue weighted by molar-refractivity contribution is 0.219. The maximum absolute atomic E-state index is 10.9. The molecule has 0 bridgehead atoms. The quantitative estimate of drug-likeness (QED) is 0.876. The van der Waals surface area contributed by atoms with Crippen molar-refractivity contribution in [3.05, 3.63) is 29.7 Å². The third-order valence-corrected chi connectivity index (χ3v) is 2.67. The minimum atomic E-state index is -0.415. The van der Waals surface area contributed by atoms with Crippen molar-refractivity contribution < 1.29 is 9.21 Å². The van der Waals surface area contributed by atoms with Crippen LogP contribution in [0.25, 0.3) is 11.1 Å². The molecule has 0 aliphatic rings. The third-order valence-electron chi connectivity index (χ3n) is 2.67. The zero-order valence-corrected chi connectivity index (χ0v) is 9.93. The third kappa shape index (κ3) is 2.55. The fourth-order valence-corrected chi connectivity index (χ4v) is 1.65. The van der Waals surface area contributed by atoms with E-state index in [4.69, 9.17) is 10.2 Å². The van der Waals surface area contributed by atoms with Gasteiger partial charge in [0, 0.05) is 20.5 Å². The fourth-order valence-electron chi connectivity index (χ4n) is 1.65. The monoisotopic (exact) mass is 233 g/mol. The summed E-state index contributed by atoms with van der Waals surface area (Å²) in [6.07, 6.45) is 0.745. The van der Waals surface area contributed by atoms with Crippen LogP contribution >= 0.6 is 0 Å². The van der Waals surface area contributed by atoms with Crippen molar-refractivity contribution in [3.8, 4) is 0 Å². The zero-order chi connectivity index (χ0) is 12.4. The zero-order valence-electron chi connectivity index (χ0n) is 9.93. The Kier molecular flexibility index (Phi) is 2.99. The van der Waals surface area contributed by atoms with E-state index >= 15 is 0 Å². The Morgan fingerprint density at radius 2 is 2.29 bits per heavy atom. The molecule has 0 unspecified atom stereocenters. The lowest BCUT2D eigenvalue weighted by atomic mass is 10.1. The molecule has 0 aliphatic carbocycles. The second-order valence-corrected chi connectivity index (χ2v) is 4.04. The predicted molar refractivity (Wildman–Crippen MR) is 64.7 cm³/mol. The van der Waals surface area contributed by atoms with E-state index < -0.39 is 6.03 Å². The molecule has 0 spiro atoms. The molecule has 0 atom stereocenters. The molecule has 1 heterocycles. The highest BCUT2D eigenvalue weighted by molar-refractivity contribution is 5.73. The van der Waals surface area contributed by atoms with Gasteiger partial charge in [0.25, 0.3) is 0 Å². The number of urea groups is 1. The topological polar surface area (TPSA) is 72.4 Å². The van der Waals surface area contributed by atoms with E-state index in [1.165, 1.54) is 4.90 Å². The van der Waals surface area contributed by atoms with Crippen molar-refractivity contribution in [1.82, 2.24) is 9.88 Å². The van der Waals surface area contributed by atoms with E-state index in [1.54, 1.807) is 7.05 Å². The molecular weight excluding hydrogens is 218 g/mol. The van der Waals surface area contributed by atoms with Gasteiger partial charge in [-0.3, -0.25) is 0 Å². The second kappa shape index (κ2) is 4.45. The number of amides is 2. The predicted octanol–water partition coefficient (Wildman–Crippen LogP) is 1.69. The summed E-state index contributed by atoms with van der Waals surface area (Å²) in [6, 6.07) is 5.44. The summed E-state index contributed by atoms with van der Waals surface area (Å²) in [5, 5.41) is 0. The average Bonchev–Trinajstić information content (AvgIpc) is 2.64. The van der Waals surface area contributed by atoms with E-state index in [2.05, 4.69) is 4.98 Å². The summed E-state index contributed by atoms with van der Waals surface area (Å²) in [5.74, 6) is 0.659. The number of primary amides is 1. The van der Waals surface area contributed by atoms with Crippen LogP contribution in [0.15, 0.2) is 22.6 Å². The molecule has 1 aromatic heterocycles. The van der Waals surface area contributed by atoms with Crippen molar-refractivity contribution in [3.63, 3.8) is 0 Å². The van der Waals surface area contributed by atoms with Crippen LogP contribution in [0.1, 0.15) is 11.5 Å². The van der Waals surface area contributed by atoms with Crippen molar-refractivity contribution in [2.75, 3.05) is 13.6 Å². The summed E-state index contributed by atoms with van der Waals surface area (Å²) in [5.41, 5.74) is 7.89. The smallest absolute Gasteiger partial charge is 0.314 e. The largest absolute Gasteiger partial charge is 0.441 e. The number of rotatable bonds is 3. The van der Waals surface area contributed by atoms with Gasteiger partial charge in [0.2, 0.25) is 0 Å². The first kappa shape index (κ1) is 11.4. The summed E-state index contributed by atoms with van der Waals surface area (Å²) in [6.45, 7) is 2.41. The van der Waals surface area contributed by atoms with Gasteiger partial charge in [-0.2, -0.15) is 0 Å². The molecule has 0 saturated heterocycles. The van der Waals surface area contributed by atoms with Gasteiger partial charge in [0.05, 0.1) is 0 Å². The van der Waals surface area contributed by atoms with Gasteiger partial charge < -0.3 is 15.1 Å². The van der Waals surface area contributed by atoms with Crippen molar-refractivity contribution in [2.45, 2.75) is 13.3 Å². The molecule has 2 amide bonds. The van der Waals surface area contributed by atoms with Gasteiger partial charge >= 0.3 is 6.03 Å². The van der Waals surface area contributed by atoms with Crippen LogP contribution in [0.4, 0.5) is 4.79 Å². The van der Waals surface area contributed by atoms with E-state index in [0.717, 1.165) is 23.1 Å². The first-order valence-corrected chi connectivity index (χ1v) is 5.43. The van der Waals surface area contributed by atoms with Crippen LogP contribution in [0.5, 0.6) is 0 Å². The van der Waals surface area contributed by atoms with Gasteiger partial charge in [0.15, 0.2) is 11.5 Å². The molecule has 0 radical (unpaired) electrons. The average molecular weight is 233 g/mol. The number of benzene rings is 1. The maximum Gasteiger partial charge on any atom is 0.314 e. The van der Waals surface area contributed by atoms with Crippen LogP contribution in [0.2, 0.25) is 0 Å². The highest BCUT2D eigenvalue weighted by Crippen LogP contribution is 2.17. The molecule has 2 rings (SSSR count). The lowest BCUT2D eigenvalue weighted by Crippen LogP contribution is -2.33. The van der Waals surface area contributed by atoms with Gasteiger partial charge in [-0.15, -0.1) is 0 Å². The Balaban J connectivity index is 2.11. The van der Waals surface area contributed by atoms with E-state index in [0.29, 0.717) is 12.4 Å². The summed E-state index contributed by atoms with van der Waals surface area (Å²) in [4.78, 5) is 16.6. The number of carbonyl (C=O) groups excluding carboxylic acids is 1. The van der Waals surface area contributed by atoms with Gasteiger partial charge in [0.1, 0.15) is 5.52 Å². The number of aromatic nitrogens is 1. The Hall–Kier alpha value is -2.04. The number of oxazole rings is 1. The fraction of sp³-hybridized carbons (Fsp3) is 0.333. The molecular formula is C12H15N3O2. The number of fused-ring (bicyclic) bond motifs is 1. The Morgan fingerprint density at radius 3 is 3.00 bits per heavy atom. The molecule has 0 aliphatic heterocycles. The first-order valence-electron chi connectivity index (χ1n) is 5.43. The summed E-state index contributed by atoms with van der Waals surface area (Å²) >= 11 is 0. The second-order valence-electron chi connectivity index (χ2n) is 4.04. The highest BCUT2D eigenvalue weighted by atomic mass is 16.3. The number of aryl methyl sites for hydroxylation is 1. The van der Waals surface area contributed by atoms with Crippen LogP contribution in [-0.2, 0) is 6.42 Å². The number of hydrogen-bond acceptors (Lipinski definition) is 3. The number of carbonyl (C=O) groups is 1. The molecule has 2 N–H and O–H groups in total. The van der Waals surface area contributed by atoms with Crippen LogP contribution in [0.3, 0.4) is 0 Å². The number of nitrogens with zero attached hydrogens (tertiary/aromatic N) is 2. The minimum absolute atomic E-state index is 0.415. The Labute approximate surface area is 99.2 Å². The number of likely N-dealkylation sites (N-methyl/N-ethyl adjacent to an activating group) is 1. The normalized spacial score (nSPS) is 10.7. The van der Waals surface area contributed by atoms with Crippen LogP contribution in [0, 0.1) is 6.92 Å². The van der Waals surface area contributed by atoms with Gasteiger partial charge in [-0.1, -0.05) is 6.07 Å². The van der Waals surface area contributed by atoms with Gasteiger partial charge in [-0.05, 0) is 24.1 Å². The summed E-state index contributed by atoms with van der Waals surface area (Å²) in [7, 11) is 1.68. The number of hydrogen-bond donors (Lipinski definition) is 1. The van der Waals surface area contributed by atoms with E-state index in [1.807, 2.05) is 25.1 Å². The molecule has 5 heteroatoms. The molecule has 2 aromatic rings. The van der Waals surface area contributed by atoms with Crippen LogP contribution in [-0.4, -0.2) is 29.5 Å². The first-order chi connectivity index (χ1) is 8.06. The maximum atomic E-state index is 10.9. The van der Waals surface area contributed by atoms with Crippen LogP contribution < -0.4 is 5.73 Å². The standard InChI is InChI=1S/C12H15N3O2/c1-8-14-10-4-3-9(7-11(10)17-8)5-6-15(2)12(13)16/h3-4,7H,5-6H2,1-2H3,(H2,13,16). The molecule has 17 heavy (non-hydrogen) atoms. The molecule has 1 aromatic carbocycles. The highest BCUT2D eigenvalue weighted by Gasteiger charge is 2.06. The molecule has 90 valence electrons. The molecule has 0 fully saturated rings. The molecule has 0 saturated carbocycles. The SMILES string of the molecule is Cc1nc2ccc(CCN(C)C(N)=O)cc2o1. The Bertz CT molecular complexity index is 548. The van der Waals surface area contributed by atoms with E-state index in [-0.39, 0.29) is 0 Å². The number of nitrogens with two attached hydrogens (primary N) is 1. The lowest BCUT2D eigenvalue weighted by Gasteiger charge is -2.13. The molecule has 5 nitrogen and oxygen atoms in total.